The van der Waals surface area contributed by atoms with Gasteiger partial charge in [0.2, 0.25) is 0 Å². The quantitative estimate of drug-likeness (QED) is 0.852. The van der Waals surface area contributed by atoms with Gasteiger partial charge in [0.25, 0.3) is 5.91 Å². The van der Waals surface area contributed by atoms with Crippen molar-refractivity contribution in [2.24, 2.45) is 0 Å². The maximum Gasteiger partial charge on any atom is 0.273 e. The van der Waals surface area contributed by atoms with E-state index in [0.717, 1.165) is 36.6 Å². The monoisotopic (exact) mass is 287 g/mol. The zero-order valence-electron chi connectivity index (χ0n) is 11.3. The van der Waals surface area contributed by atoms with E-state index in [0.29, 0.717) is 5.69 Å². The summed E-state index contributed by atoms with van der Waals surface area (Å²) in [7, 11) is 0. The Balaban J connectivity index is 1.77. The van der Waals surface area contributed by atoms with Gasteiger partial charge in [-0.25, -0.2) is 4.98 Å². The Morgan fingerprint density at radius 2 is 1.95 bits per heavy atom. The van der Waals surface area contributed by atoms with Crippen molar-refractivity contribution in [1.82, 2.24) is 14.9 Å². The number of amides is 1. The predicted octanol–water partition coefficient (Wildman–Crippen LogP) is 3.22. The normalized spacial score (nSPS) is 15.9. The molecule has 2 aromatic heterocycles. The molecular formula is C15H17N3OS. The molecule has 0 unspecified atom stereocenters. The summed E-state index contributed by atoms with van der Waals surface area (Å²) in [6, 6.07) is 5.72. The Morgan fingerprint density at radius 1 is 1.15 bits per heavy atom. The Kier molecular flexibility index (Phi) is 4.06. The van der Waals surface area contributed by atoms with Crippen LogP contribution in [-0.2, 0) is 0 Å². The molecule has 1 fully saturated rings. The highest BCUT2D eigenvalue weighted by molar-refractivity contribution is 7.13. The molecular weight excluding hydrogens is 270 g/mol. The van der Waals surface area contributed by atoms with Gasteiger partial charge in [-0.15, -0.1) is 11.3 Å². The first-order valence-electron chi connectivity index (χ1n) is 7.01. The molecule has 5 heteroatoms. The minimum Gasteiger partial charge on any atom is -0.337 e. The van der Waals surface area contributed by atoms with Gasteiger partial charge in [0, 0.05) is 24.7 Å². The Hall–Kier alpha value is -1.75. The van der Waals surface area contributed by atoms with Crippen molar-refractivity contribution < 1.29 is 4.79 Å². The number of hydrogen-bond donors (Lipinski definition) is 0. The molecule has 1 aliphatic rings. The Morgan fingerprint density at radius 3 is 2.65 bits per heavy atom. The third-order valence-electron chi connectivity index (χ3n) is 3.50. The van der Waals surface area contributed by atoms with Crippen molar-refractivity contribution in [3.63, 3.8) is 0 Å². The number of hydrogen-bond acceptors (Lipinski definition) is 4. The van der Waals surface area contributed by atoms with Crippen molar-refractivity contribution >= 4 is 17.2 Å². The van der Waals surface area contributed by atoms with Gasteiger partial charge in [-0.2, -0.15) is 0 Å². The largest absolute Gasteiger partial charge is 0.337 e. The van der Waals surface area contributed by atoms with Crippen LogP contribution in [0.15, 0.2) is 29.8 Å². The maximum atomic E-state index is 12.4. The summed E-state index contributed by atoms with van der Waals surface area (Å²) in [5.74, 6) is 0.0605. The van der Waals surface area contributed by atoms with Crippen LogP contribution in [0.1, 0.15) is 36.2 Å². The number of rotatable bonds is 2. The van der Waals surface area contributed by atoms with Crippen molar-refractivity contribution in [1.29, 1.82) is 0 Å². The molecule has 2 aromatic rings. The van der Waals surface area contributed by atoms with Crippen molar-refractivity contribution in [3.8, 4) is 10.7 Å². The molecule has 0 aliphatic carbocycles. The second kappa shape index (κ2) is 6.13. The standard InChI is InChI=1S/C15H17N3OS/c19-15(18-9-5-1-2-6-10-18)13-11-20-14(17-13)12-7-3-4-8-16-12/h3-4,7-8,11H,1-2,5-6,9-10H2. The lowest BCUT2D eigenvalue weighted by Crippen LogP contribution is -2.32. The molecule has 104 valence electrons. The van der Waals surface area contributed by atoms with Crippen LogP contribution in [0.25, 0.3) is 10.7 Å². The summed E-state index contributed by atoms with van der Waals surface area (Å²) in [5, 5.41) is 2.65. The van der Waals surface area contributed by atoms with Gasteiger partial charge in [-0.05, 0) is 25.0 Å². The van der Waals surface area contributed by atoms with Crippen LogP contribution in [0.3, 0.4) is 0 Å². The summed E-state index contributed by atoms with van der Waals surface area (Å²) in [4.78, 5) is 23.1. The molecule has 0 aromatic carbocycles. The van der Waals surface area contributed by atoms with Crippen molar-refractivity contribution in [2.75, 3.05) is 13.1 Å². The molecule has 0 spiro atoms. The van der Waals surface area contributed by atoms with E-state index in [9.17, 15) is 4.79 Å². The zero-order valence-corrected chi connectivity index (χ0v) is 12.1. The van der Waals surface area contributed by atoms with Gasteiger partial charge < -0.3 is 4.90 Å². The molecule has 0 N–H and O–H groups in total. The fraction of sp³-hybridized carbons (Fsp3) is 0.400. The molecule has 0 bridgehead atoms. The first kappa shape index (κ1) is 13.2. The number of carbonyl (C=O) groups excluding carboxylic acids is 1. The molecule has 4 nitrogen and oxygen atoms in total. The summed E-state index contributed by atoms with van der Waals surface area (Å²) < 4.78 is 0. The fourth-order valence-corrected chi connectivity index (χ4v) is 3.18. The van der Waals surface area contributed by atoms with Crippen LogP contribution < -0.4 is 0 Å². The van der Waals surface area contributed by atoms with E-state index in [1.165, 1.54) is 24.2 Å². The SMILES string of the molecule is O=C(c1csc(-c2ccccn2)n1)N1CCCCCC1. The highest BCUT2D eigenvalue weighted by Gasteiger charge is 2.20. The van der Waals surface area contributed by atoms with Crippen molar-refractivity contribution in [3.05, 3.63) is 35.5 Å². The number of carbonyl (C=O) groups is 1. The second-order valence-corrected chi connectivity index (χ2v) is 5.82. The zero-order chi connectivity index (χ0) is 13.8. The minimum atomic E-state index is 0.0605. The van der Waals surface area contributed by atoms with Crippen LogP contribution in [0.2, 0.25) is 0 Å². The highest BCUT2D eigenvalue weighted by atomic mass is 32.1. The fourth-order valence-electron chi connectivity index (χ4n) is 2.41. The summed E-state index contributed by atoms with van der Waals surface area (Å²) in [5.41, 5.74) is 1.38. The molecule has 3 heterocycles. The average molecular weight is 287 g/mol. The van der Waals surface area contributed by atoms with Crippen LogP contribution in [0.5, 0.6) is 0 Å². The number of likely N-dealkylation sites (tertiary alicyclic amines) is 1. The van der Waals surface area contributed by atoms with Crippen molar-refractivity contribution in [2.45, 2.75) is 25.7 Å². The van der Waals surface area contributed by atoms with Gasteiger partial charge in [-0.3, -0.25) is 9.78 Å². The lowest BCUT2D eigenvalue weighted by atomic mass is 10.2. The topological polar surface area (TPSA) is 46.1 Å². The smallest absolute Gasteiger partial charge is 0.273 e. The first-order chi connectivity index (χ1) is 9.84. The molecule has 0 saturated carbocycles. The minimum absolute atomic E-state index is 0.0605. The molecule has 3 rings (SSSR count). The van der Waals surface area contributed by atoms with Crippen LogP contribution in [0.4, 0.5) is 0 Å². The van der Waals surface area contributed by atoms with Gasteiger partial charge in [0.15, 0.2) is 0 Å². The third-order valence-corrected chi connectivity index (χ3v) is 4.37. The van der Waals surface area contributed by atoms with Gasteiger partial charge in [-0.1, -0.05) is 18.9 Å². The van der Waals surface area contributed by atoms with E-state index >= 15 is 0 Å². The Labute approximate surface area is 122 Å². The molecule has 20 heavy (non-hydrogen) atoms. The van der Waals surface area contributed by atoms with E-state index in [2.05, 4.69) is 9.97 Å². The summed E-state index contributed by atoms with van der Waals surface area (Å²) in [6.07, 6.45) is 6.39. The van der Waals surface area contributed by atoms with Crippen LogP contribution in [-0.4, -0.2) is 33.9 Å². The lowest BCUT2D eigenvalue weighted by molar-refractivity contribution is 0.0756. The first-order valence-corrected chi connectivity index (χ1v) is 7.89. The molecule has 1 amide bonds. The van der Waals surface area contributed by atoms with Crippen LogP contribution in [0, 0.1) is 0 Å². The number of thiazole rings is 1. The highest BCUT2D eigenvalue weighted by Crippen LogP contribution is 2.22. The maximum absolute atomic E-state index is 12.4. The average Bonchev–Trinajstić information content (AvgIpc) is 2.83. The van der Waals surface area contributed by atoms with Gasteiger partial charge >= 0.3 is 0 Å². The van der Waals surface area contributed by atoms with E-state index in [-0.39, 0.29) is 5.91 Å². The number of pyridine rings is 1. The number of nitrogens with zero attached hydrogens (tertiary/aromatic N) is 3. The summed E-state index contributed by atoms with van der Waals surface area (Å²) >= 11 is 1.48. The van der Waals surface area contributed by atoms with E-state index in [1.807, 2.05) is 28.5 Å². The number of aromatic nitrogens is 2. The third kappa shape index (κ3) is 2.88. The molecule has 0 atom stereocenters. The second-order valence-electron chi connectivity index (χ2n) is 4.96. The van der Waals surface area contributed by atoms with E-state index < -0.39 is 0 Å². The lowest BCUT2D eigenvalue weighted by Gasteiger charge is -2.18. The predicted molar refractivity (Wildman–Crippen MR) is 79.7 cm³/mol. The molecule has 1 saturated heterocycles. The van der Waals surface area contributed by atoms with Crippen LogP contribution >= 0.6 is 11.3 Å². The van der Waals surface area contributed by atoms with E-state index in [4.69, 9.17) is 0 Å². The van der Waals surface area contributed by atoms with Gasteiger partial charge in [0.05, 0.1) is 5.69 Å². The van der Waals surface area contributed by atoms with Gasteiger partial charge in [0.1, 0.15) is 10.7 Å². The molecule has 0 radical (unpaired) electrons. The molecule has 1 aliphatic heterocycles. The van der Waals surface area contributed by atoms with E-state index in [1.54, 1.807) is 6.20 Å². The summed E-state index contributed by atoms with van der Waals surface area (Å²) in [6.45, 7) is 1.71. The Bertz CT molecular complexity index is 574.